The molecule has 118 valence electrons. The van der Waals surface area contributed by atoms with E-state index in [1.807, 2.05) is 30.5 Å². The molecule has 6 nitrogen and oxygen atoms in total. The van der Waals surface area contributed by atoms with Crippen LogP contribution in [0, 0.1) is 0 Å². The van der Waals surface area contributed by atoms with Gasteiger partial charge < -0.3 is 14.8 Å². The monoisotopic (exact) mass is 308 g/mol. The average molecular weight is 308 g/mol. The summed E-state index contributed by atoms with van der Waals surface area (Å²) in [4.78, 5) is 21.6. The lowest BCUT2D eigenvalue weighted by Gasteiger charge is -2.20. The van der Waals surface area contributed by atoms with Crippen LogP contribution in [0.25, 0.3) is 22.6 Å². The van der Waals surface area contributed by atoms with E-state index >= 15 is 0 Å². The number of nitrogens with one attached hydrogen (secondary N) is 1. The molecular formula is C17H20N6. The summed E-state index contributed by atoms with van der Waals surface area (Å²) >= 11 is 0. The molecule has 0 bridgehead atoms. The Bertz CT molecular complexity index is 792. The molecule has 1 unspecified atom stereocenters. The molecule has 1 aliphatic rings. The van der Waals surface area contributed by atoms with Crippen LogP contribution in [0.3, 0.4) is 0 Å². The van der Waals surface area contributed by atoms with Crippen molar-refractivity contribution in [3.63, 3.8) is 0 Å². The quantitative estimate of drug-likeness (QED) is 0.803. The minimum absolute atomic E-state index is 0.576. The number of aromatic amines is 1. The minimum atomic E-state index is 0.576. The SMILES string of the molecule is CN(C)C1CCN(c2cncc(-c3nc4ccccc4[nH]3)n2)C1. The van der Waals surface area contributed by atoms with E-state index in [4.69, 9.17) is 4.98 Å². The topological polar surface area (TPSA) is 60.9 Å². The van der Waals surface area contributed by atoms with E-state index in [1.165, 1.54) is 0 Å². The maximum Gasteiger partial charge on any atom is 0.158 e. The fourth-order valence-corrected chi connectivity index (χ4v) is 3.07. The van der Waals surface area contributed by atoms with Gasteiger partial charge in [0.2, 0.25) is 0 Å². The highest BCUT2D eigenvalue weighted by molar-refractivity contribution is 5.78. The molecule has 0 aliphatic carbocycles. The van der Waals surface area contributed by atoms with E-state index < -0.39 is 0 Å². The summed E-state index contributed by atoms with van der Waals surface area (Å²) in [5, 5.41) is 0. The Morgan fingerprint density at radius 1 is 1.17 bits per heavy atom. The van der Waals surface area contributed by atoms with Gasteiger partial charge in [-0.15, -0.1) is 0 Å². The maximum atomic E-state index is 4.77. The van der Waals surface area contributed by atoms with Crippen molar-refractivity contribution >= 4 is 16.9 Å². The molecule has 0 spiro atoms. The normalized spacial score (nSPS) is 18.2. The zero-order chi connectivity index (χ0) is 15.8. The standard InChI is InChI=1S/C17H20N6/c1-22(2)12-7-8-23(11-12)16-10-18-9-15(19-16)17-20-13-5-3-4-6-14(13)21-17/h3-6,9-10,12H,7-8,11H2,1-2H3,(H,20,21). The van der Waals surface area contributed by atoms with Gasteiger partial charge in [0.05, 0.1) is 23.4 Å². The van der Waals surface area contributed by atoms with Gasteiger partial charge in [0.1, 0.15) is 11.5 Å². The largest absolute Gasteiger partial charge is 0.354 e. The molecule has 1 atom stereocenters. The Hall–Kier alpha value is -2.47. The van der Waals surface area contributed by atoms with Gasteiger partial charge in [-0.2, -0.15) is 0 Å². The summed E-state index contributed by atoms with van der Waals surface area (Å²) in [6, 6.07) is 8.57. The van der Waals surface area contributed by atoms with Gasteiger partial charge >= 0.3 is 0 Å². The van der Waals surface area contributed by atoms with Crippen molar-refractivity contribution in [3.05, 3.63) is 36.7 Å². The number of H-pyrrole nitrogens is 1. The summed E-state index contributed by atoms with van der Waals surface area (Å²) in [6.45, 7) is 2.01. The first kappa shape index (κ1) is 14.1. The van der Waals surface area contributed by atoms with Gasteiger partial charge in [-0.25, -0.2) is 9.97 Å². The number of likely N-dealkylation sites (N-methyl/N-ethyl adjacent to an activating group) is 1. The third-order valence-electron chi connectivity index (χ3n) is 4.47. The van der Waals surface area contributed by atoms with Crippen LogP contribution in [0.15, 0.2) is 36.7 Å². The zero-order valence-electron chi connectivity index (χ0n) is 13.4. The van der Waals surface area contributed by atoms with Crippen molar-refractivity contribution in [1.82, 2.24) is 24.8 Å². The molecule has 2 aromatic heterocycles. The van der Waals surface area contributed by atoms with Crippen molar-refractivity contribution in [3.8, 4) is 11.5 Å². The number of imidazole rings is 1. The van der Waals surface area contributed by atoms with Gasteiger partial charge in [0, 0.05) is 19.1 Å². The average Bonchev–Trinajstić information content (AvgIpc) is 3.22. The van der Waals surface area contributed by atoms with Crippen LogP contribution in [0.4, 0.5) is 5.82 Å². The molecule has 0 radical (unpaired) electrons. The Kier molecular flexibility index (Phi) is 3.46. The molecule has 3 heterocycles. The zero-order valence-corrected chi connectivity index (χ0v) is 13.4. The summed E-state index contributed by atoms with van der Waals surface area (Å²) in [5.74, 6) is 1.69. The Balaban J connectivity index is 1.64. The van der Waals surface area contributed by atoms with Gasteiger partial charge in [-0.05, 0) is 32.6 Å². The minimum Gasteiger partial charge on any atom is -0.354 e. The first-order chi connectivity index (χ1) is 11.2. The molecule has 0 saturated carbocycles. The van der Waals surface area contributed by atoms with Crippen LogP contribution >= 0.6 is 0 Å². The number of hydrogen-bond acceptors (Lipinski definition) is 5. The predicted molar refractivity (Wildman–Crippen MR) is 91.4 cm³/mol. The van der Waals surface area contributed by atoms with Crippen molar-refractivity contribution in [1.29, 1.82) is 0 Å². The third-order valence-corrected chi connectivity index (χ3v) is 4.47. The number of aromatic nitrogens is 4. The molecule has 3 aromatic rings. The first-order valence-corrected chi connectivity index (χ1v) is 7.89. The van der Waals surface area contributed by atoms with Crippen molar-refractivity contribution < 1.29 is 0 Å². The molecule has 0 amide bonds. The Morgan fingerprint density at radius 3 is 2.83 bits per heavy atom. The van der Waals surface area contributed by atoms with E-state index in [1.54, 1.807) is 6.20 Å². The summed E-state index contributed by atoms with van der Waals surface area (Å²) in [6.07, 6.45) is 4.76. The van der Waals surface area contributed by atoms with Gasteiger partial charge in [-0.1, -0.05) is 12.1 Å². The smallest absolute Gasteiger partial charge is 0.158 e. The molecule has 1 aliphatic heterocycles. The molecule has 23 heavy (non-hydrogen) atoms. The number of rotatable bonds is 3. The van der Waals surface area contributed by atoms with E-state index in [2.05, 4.69) is 38.8 Å². The van der Waals surface area contributed by atoms with Crippen molar-refractivity contribution in [2.45, 2.75) is 12.5 Å². The number of nitrogens with zero attached hydrogens (tertiary/aromatic N) is 5. The van der Waals surface area contributed by atoms with E-state index in [9.17, 15) is 0 Å². The third kappa shape index (κ3) is 2.66. The lowest BCUT2D eigenvalue weighted by molar-refractivity contribution is 0.315. The van der Waals surface area contributed by atoms with E-state index in [0.717, 1.165) is 47.9 Å². The van der Waals surface area contributed by atoms with E-state index in [-0.39, 0.29) is 0 Å². The fourth-order valence-electron chi connectivity index (χ4n) is 3.07. The van der Waals surface area contributed by atoms with Crippen LogP contribution in [0.2, 0.25) is 0 Å². The lowest BCUT2D eigenvalue weighted by Crippen LogP contribution is -2.31. The second-order valence-corrected chi connectivity index (χ2v) is 6.22. The van der Waals surface area contributed by atoms with Gasteiger partial charge in [-0.3, -0.25) is 4.98 Å². The summed E-state index contributed by atoms with van der Waals surface area (Å²) < 4.78 is 0. The molecule has 1 aromatic carbocycles. The lowest BCUT2D eigenvalue weighted by atomic mass is 10.2. The highest BCUT2D eigenvalue weighted by Gasteiger charge is 2.25. The fraction of sp³-hybridized carbons (Fsp3) is 0.353. The van der Waals surface area contributed by atoms with Crippen molar-refractivity contribution in [2.24, 2.45) is 0 Å². The number of hydrogen-bond donors (Lipinski definition) is 1. The van der Waals surface area contributed by atoms with Crippen LogP contribution in [-0.4, -0.2) is 58.1 Å². The molecule has 1 fully saturated rings. The molecular weight excluding hydrogens is 288 g/mol. The number of benzene rings is 1. The van der Waals surface area contributed by atoms with Gasteiger partial charge in [0.15, 0.2) is 5.82 Å². The Labute approximate surface area is 135 Å². The highest BCUT2D eigenvalue weighted by atomic mass is 15.3. The molecule has 4 rings (SSSR count). The molecule has 1 saturated heterocycles. The van der Waals surface area contributed by atoms with Crippen molar-refractivity contribution in [2.75, 3.05) is 32.1 Å². The highest BCUT2D eigenvalue weighted by Crippen LogP contribution is 2.23. The van der Waals surface area contributed by atoms with Crippen LogP contribution in [-0.2, 0) is 0 Å². The second kappa shape index (κ2) is 5.62. The molecule has 6 heteroatoms. The summed E-state index contributed by atoms with van der Waals surface area (Å²) in [7, 11) is 4.26. The van der Waals surface area contributed by atoms with E-state index in [0.29, 0.717) is 6.04 Å². The second-order valence-electron chi connectivity index (χ2n) is 6.22. The van der Waals surface area contributed by atoms with Crippen LogP contribution in [0.5, 0.6) is 0 Å². The van der Waals surface area contributed by atoms with Gasteiger partial charge in [0.25, 0.3) is 0 Å². The number of fused-ring (bicyclic) bond motifs is 1. The number of para-hydroxylation sites is 2. The first-order valence-electron chi connectivity index (χ1n) is 7.89. The van der Waals surface area contributed by atoms with Crippen LogP contribution in [0.1, 0.15) is 6.42 Å². The number of anilines is 1. The predicted octanol–water partition coefficient (Wildman–Crippen LogP) is 2.16. The maximum absolute atomic E-state index is 4.77. The Morgan fingerprint density at radius 2 is 2.04 bits per heavy atom. The summed E-state index contributed by atoms with van der Waals surface area (Å²) in [5.41, 5.74) is 2.75. The molecule has 1 N–H and O–H groups in total. The van der Waals surface area contributed by atoms with Crippen LogP contribution < -0.4 is 4.90 Å².